The molecule has 0 bridgehead atoms. The Kier molecular flexibility index (Phi) is 6.61. The van der Waals surface area contributed by atoms with Crippen LogP contribution in [0.25, 0.3) is 10.9 Å². The van der Waals surface area contributed by atoms with Crippen molar-refractivity contribution in [3.63, 3.8) is 0 Å². The molecule has 0 fully saturated rings. The van der Waals surface area contributed by atoms with Crippen molar-refractivity contribution in [3.8, 4) is 17.2 Å². The van der Waals surface area contributed by atoms with Crippen molar-refractivity contribution in [3.05, 3.63) is 63.9 Å². The van der Waals surface area contributed by atoms with Gasteiger partial charge in [0.05, 0.1) is 27.9 Å². The van der Waals surface area contributed by atoms with E-state index in [4.69, 9.17) is 14.2 Å². The SMILES string of the molecule is CCCN(Cc1cc2ccccc2[nH]c1=O)C(=O)c1cc(OC)c(OC)c(OC)c1. The number of aromatic nitrogens is 1. The van der Waals surface area contributed by atoms with E-state index in [0.29, 0.717) is 34.9 Å². The number of amides is 1. The Morgan fingerprint density at radius 2 is 1.67 bits per heavy atom. The summed E-state index contributed by atoms with van der Waals surface area (Å²) in [5.41, 5.74) is 1.50. The molecule has 3 rings (SSSR count). The summed E-state index contributed by atoms with van der Waals surface area (Å²) in [5.74, 6) is 1.01. The van der Waals surface area contributed by atoms with Crippen molar-refractivity contribution in [2.75, 3.05) is 27.9 Å². The number of aromatic amines is 1. The molecule has 1 amide bonds. The van der Waals surface area contributed by atoms with Gasteiger partial charge in [-0.1, -0.05) is 25.1 Å². The topological polar surface area (TPSA) is 80.9 Å². The first kappa shape index (κ1) is 21.2. The molecule has 158 valence electrons. The first-order valence-electron chi connectivity index (χ1n) is 9.72. The molecule has 0 atom stereocenters. The highest BCUT2D eigenvalue weighted by atomic mass is 16.5. The lowest BCUT2D eigenvalue weighted by atomic mass is 10.1. The van der Waals surface area contributed by atoms with Crippen LogP contribution in [0, 0.1) is 0 Å². The number of fused-ring (bicyclic) bond motifs is 1. The van der Waals surface area contributed by atoms with E-state index in [9.17, 15) is 9.59 Å². The Labute approximate surface area is 175 Å². The standard InChI is InChI=1S/C23H26N2O5/c1-5-10-25(14-17-11-15-8-6-7-9-18(15)24-22(17)26)23(27)16-12-19(28-2)21(30-4)20(13-16)29-3/h6-9,11-13H,5,10,14H2,1-4H3,(H,24,26). The second-order valence-corrected chi connectivity index (χ2v) is 6.85. The second-order valence-electron chi connectivity index (χ2n) is 6.85. The quantitative estimate of drug-likeness (QED) is 0.614. The lowest BCUT2D eigenvalue weighted by molar-refractivity contribution is 0.0742. The third-order valence-corrected chi connectivity index (χ3v) is 4.88. The molecule has 0 aliphatic heterocycles. The summed E-state index contributed by atoms with van der Waals surface area (Å²) in [5, 5.41) is 0.920. The highest BCUT2D eigenvalue weighted by Gasteiger charge is 2.22. The second kappa shape index (κ2) is 9.35. The predicted molar refractivity (Wildman–Crippen MR) is 116 cm³/mol. The molecule has 1 heterocycles. The van der Waals surface area contributed by atoms with Crippen LogP contribution in [0.3, 0.4) is 0 Å². The van der Waals surface area contributed by atoms with Gasteiger partial charge in [0.1, 0.15) is 0 Å². The number of pyridine rings is 1. The van der Waals surface area contributed by atoms with Gasteiger partial charge in [-0.05, 0) is 36.1 Å². The lowest BCUT2D eigenvalue weighted by Gasteiger charge is -2.23. The lowest BCUT2D eigenvalue weighted by Crippen LogP contribution is -2.33. The molecule has 30 heavy (non-hydrogen) atoms. The van der Waals surface area contributed by atoms with E-state index >= 15 is 0 Å². The third-order valence-electron chi connectivity index (χ3n) is 4.88. The zero-order valence-electron chi connectivity index (χ0n) is 17.7. The molecule has 7 heteroatoms. The molecule has 2 aromatic carbocycles. The van der Waals surface area contributed by atoms with Crippen molar-refractivity contribution in [2.45, 2.75) is 19.9 Å². The molecule has 3 aromatic rings. The van der Waals surface area contributed by atoms with Gasteiger partial charge >= 0.3 is 0 Å². The van der Waals surface area contributed by atoms with E-state index in [1.807, 2.05) is 37.3 Å². The number of para-hydroxylation sites is 1. The number of carbonyl (C=O) groups is 1. The van der Waals surface area contributed by atoms with E-state index in [-0.39, 0.29) is 18.0 Å². The molecular formula is C23H26N2O5. The van der Waals surface area contributed by atoms with E-state index in [1.54, 1.807) is 17.0 Å². The summed E-state index contributed by atoms with van der Waals surface area (Å²) >= 11 is 0. The molecule has 1 aromatic heterocycles. The Bertz CT molecular complexity index is 1080. The number of carbonyl (C=O) groups excluding carboxylic acids is 1. The summed E-state index contributed by atoms with van der Waals surface area (Å²) in [6.45, 7) is 2.69. The molecule has 0 spiro atoms. The van der Waals surface area contributed by atoms with Crippen LogP contribution in [0.5, 0.6) is 17.2 Å². The third kappa shape index (κ3) is 4.25. The summed E-state index contributed by atoms with van der Waals surface area (Å²) in [6.07, 6.45) is 0.752. The maximum Gasteiger partial charge on any atom is 0.254 e. The zero-order chi connectivity index (χ0) is 21.7. The van der Waals surface area contributed by atoms with Gasteiger partial charge in [-0.15, -0.1) is 0 Å². The van der Waals surface area contributed by atoms with Gasteiger partial charge < -0.3 is 24.1 Å². The molecule has 0 aliphatic rings. The smallest absolute Gasteiger partial charge is 0.254 e. The monoisotopic (exact) mass is 410 g/mol. The van der Waals surface area contributed by atoms with Gasteiger partial charge in [0.15, 0.2) is 11.5 Å². The van der Waals surface area contributed by atoms with Crippen LogP contribution in [0.4, 0.5) is 0 Å². The number of ether oxygens (including phenoxy) is 3. The Morgan fingerprint density at radius 3 is 2.27 bits per heavy atom. The van der Waals surface area contributed by atoms with Crippen molar-refractivity contribution >= 4 is 16.8 Å². The Morgan fingerprint density at radius 1 is 1.00 bits per heavy atom. The molecule has 0 saturated heterocycles. The summed E-state index contributed by atoms with van der Waals surface area (Å²) < 4.78 is 16.1. The number of benzene rings is 2. The fraction of sp³-hybridized carbons (Fsp3) is 0.304. The van der Waals surface area contributed by atoms with Gasteiger partial charge in [-0.3, -0.25) is 9.59 Å². The number of nitrogens with zero attached hydrogens (tertiary/aromatic N) is 1. The van der Waals surface area contributed by atoms with Crippen molar-refractivity contribution < 1.29 is 19.0 Å². The van der Waals surface area contributed by atoms with Gasteiger partial charge in [0.2, 0.25) is 5.75 Å². The van der Waals surface area contributed by atoms with Crippen LogP contribution >= 0.6 is 0 Å². The first-order chi connectivity index (χ1) is 14.5. The van der Waals surface area contributed by atoms with Crippen LogP contribution in [0.2, 0.25) is 0 Å². The minimum absolute atomic E-state index is 0.198. The molecular weight excluding hydrogens is 384 g/mol. The van der Waals surface area contributed by atoms with Gasteiger partial charge in [0.25, 0.3) is 11.5 Å². The zero-order valence-corrected chi connectivity index (χ0v) is 17.7. The highest BCUT2D eigenvalue weighted by Crippen LogP contribution is 2.38. The van der Waals surface area contributed by atoms with Crippen LogP contribution in [0.1, 0.15) is 29.3 Å². The largest absolute Gasteiger partial charge is 0.493 e. The van der Waals surface area contributed by atoms with Crippen LogP contribution in [-0.4, -0.2) is 43.7 Å². The molecule has 0 unspecified atom stereocenters. The van der Waals surface area contributed by atoms with Gasteiger partial charge in [-0.2, -0.15) is 0 Å². The maximum atomic E-state index is 13.3. The maximum absolute atomic E-state index is 13.3. The summed E-state index contributed by atoms with van der Waals surface area (Å²) in [7, 11) is 4.52. The molecule has 0 saturated carbocycles. The molecule has 0 radical (unpaired) electrons. The minimum atomic E-state index is -0.219. The van der Waals surface area contributed by atoms with Crippen LogP contribution < -0.4 is 19.8 Å². The van der Waals surface area contributed by atoms with Crippen molar-refractivity contribution in [1.29, 1.82) is 0 Å². The predicted octanol–water partition coefficient (Wildman–Crippen LogP) is 3.61. The molecule has 7 nitrogen and oxygen atoms in total. The summed E-state index contributed by atoms with van der Waals surface area (Å²) in [6, 6.07) is 12.6. The van der Waals surface area contributed by atoms with Gasteiger partial charge in [0, 0.05) is 23.2 Å². The van der Waals surface area contributed by atoms with Crippen LogP contribution in [-0.2, 0) is 6.54 Å². The van der Waals surface area contributed by atoms with Crippen molar-refractivity contribution in [1.82, 2.24) is 9.88 Å². The Hall–Kier alpha value is -3.48. The first-order valence-corrected chi connectivity index (χ1v) is 9.72. The van der Waals surface area contributed by atoms with Gasteiger partial charge in [-0.25, -0.2) is 0 Å². The molecule has 0 aliphatic carbocycles. The number of methoxy groups -OCH3 is 3. The minimum Gasteiger partial charge on any atom is -0.493 e. The number of hydrogen-bond donors (Lipinski definition) is 1. The fourth-order valence-corrected chi connectivity index (χ4v) is 3.43. The van der Waals surface area contributed by atoms with E-state index < -0.39 is 0 Å². The number of hydrogen-bond acceptors (Lipinski definition) is 5. The number of nitrogens with one attached hydrogen (secondary N) is 1. The van der Waals surface area contributed by atoms with E-state index in [0.717, 1.165) is 17.3 Å². The molecule has 1 N–H and O–H groups in total. The summed E-state index contributed by atoms with van der Waals surface area (Å²) in [4.78, 5) is 30.4. The normalized spacial score (nSPS) is 10.7. The average Bonchev–Trinajstić information content (AvgIpc) is 2.77. The Balaban J connectivity index is 1.98. The number of H-pyrrole nitrogens is 1. The van der Waals surface area contributed by atoms with Crippen molar-refractivity contribution in [2.24, 2.45) is 0 Å². The highest BCUT2D eigenvalue weighted by molar-refractivity contribution is 5.95. The van der Waals surface area contributed by atoms with E-state index in [1.165, 1.54) is 21.3 Å². The van der Waals surface area contributed by atoms with E-state index in [2.05, 4.69) is 4.98 Å². The van der Waals surface area contributed by atoms with Crippen LogP contribution in [0.15, 0.2) is 47.3 Å². The average molecular weight is 410 g/mol. The number of rotatable bonds is 8. The fourth-order valence-electron chi connectivity index (χ4n) is 3.43.